The van der Waals surface area contributed by atoms with E-state index in [0.29, 0.717) is 73.5 Å². The zero-order chi connectivity index (χ0) is 44.3. The molecule has 4 aliphatic rings. The molecule has 2 N–H and O–H groups in total. The number of ether oxygens (including phenoxy) is 2. The summed E-state index contributed by atoms with van der Waals surface area (Å²) in [6.45, 7) is 1.74. The summed E-state index contributed by atoms with van der Waals surface area (Å²) in [5, 5.41) is 1.38. The molecule has 2 atom stereocenters. The first-order chi connectivity index (χ1) is 30.4. The average Bonchev–Trinajstić information content (AvgIpc) is 3.30. The molecule has 1 unspecified atom stereocenters. The Balaban J connectivity index is 0.954. The lowest BCUT2D eigenvalue weighted by Gasteiger charge is -2.25. The quantitative estimate of drug-likeness (QED) is 0.186. The molecule has 2 aromatic carbocycles. The molecule has 2 fully saturated rings. The molecule has 1 saturated heterocycles. The summed E-state index contributed by atoms with van der Waals surface area (Å²) in [6, 6.07) is 6.08. The first kappa shape index (κ1) is 43.5. The number of sulfonamides is 1. The summed E-state index contributed by atoms with van der Waals surface area (Å²) in [4.78, 5) is 67.0. The first-order valence-electron chi connectivity index (χ1n) is 21.1. The average molecular weight is 884 g/mol. The molecule has 0 radical (unpaired) electrons. The Bertz CT molecular complexity index is 2720. The molecule has 2 aliphatic carbocycles. The van der Waals surface area contributed by atoms with Gasteiger partial charge in [-0.3, -0.25) is 23.9 Å². The highest BCUT2D eigenvalue weighted by atomic mass is 32.2. The number of benzene rings is 2. The van der Waals surface area contributed by atoms with Crippen LogP contribution in [0, 0.1) is 11.6 Å². The number of aromatic nitrogens is 4. The topological polar surface area (TPSA) is 193 Å². The van der Waals surface area contributed by atoms with Crippen molar-refractivity contribution in [3.8, 4) is 5.69 Å². The van der Waals surface area contributed by atoms with Gasteiger partial charge in [-0.05, 0) is 80.7 Å². The lowest BCUT2D eigenvalue weighted by atomic mass is 9.97. The molecule has 15 nitrogen and oxygen atoms in total. The van der Waals surface area contributed by atoms with E-state index in [4.69, 9.17) is 9.47 Å². The van der Waals surface area contributed by atoms with Crippen LogP contribution in [0.5, 0.6) is 0 Å². The van der Waals surface area contributed by atoms with Crippen molar-refractivity contribution in [3.05, 3.63) is 133 Å². The Morgan fingerprint density at radius 2 is 1.71 bits per heavy atom. The van der Waals surface area contributed by atoms with E-state index in [1.54, 1.807) is 55.9 Å². The van der Waals surface area contributed by atoms with Crippen molar-refractivity contribution in [1.82, 2.24) is 24.4 Å². The van der Waals surface area contributed by atoms with Crippen LogP contribution >= 0.6 is 0 Å². The van der Waals surface area contributed by atoms with E-state index in [-0.39, 0.29) is 30.6 Å². The van der Waals surface area contributed by atoms with E-state index in [9.17, 15) is 27.6 Å². The normalized spacial score (nSPS) is 18.6. The van der Waals surface area contributed by atoms with Crippen molar-refractivity contribution in [1.29, 1.82) is 0 Å². The number of anilines is 1. The van der Waals surface area contributed by atoms with Crippen LogP contribution in [0.1, 0.15) is 95.9 Å². The van der Waals surface area contributed by atoms with Crippen LogP contribution in [-0.2, 0) is 44.2 Å². The van der Waals surface area contributed by atoms with Crippen LogP contribution in [-0.4, -0.2) is 82.8 Å². The third-order valence-electron chi connectivity index (χ3n) is 12.0. The van der Waals surface area contributed by atoms with Gasteiger partial charge in [0.25, 0.3) is 11.5 Å². The van der Waals surface area contributed by atoms with Crippen molar-refractivity contribution < 1.29 is 36.3 Å². The lowest BCUT2D eigenvalue weighted by Crippen LogP contribution is -2.45. The number of halogens is 2. The highest BCUT2D eigenvalue weighted by Crippen LogP contribution is 2.29. The third-order valence-corrected chi connectivity index (χ3v) is 13.6. The van der Waals surface area contributed by atoms with E-state index in [2.05, 4.69) is 25.0 Å². The smallest absolute Gasteiger partial charge is 0.335 e. The molecule has 4 heterocycles. The molecule has 1 saturated carbocycles. The second-order valence-corrected chi connectivity index (χ2v) is 18.1. The van der Waals surface area contributed by atoms with Crippen LogP contribution in [0.25, 0.3) is 11.3 Å². The van der Waals surface area contributed by atoms with E-state index in [1.165, 1.54) is 16.9 Å². The van der Waals surface area contributed by atoms with Crippen molar-refractivity contribution in [2.24, 2.45) is 12.0 Å². The second-order valence-electron chi connectivity index (χ2n) is 16.2. The molecule has 2 aromatic heterocycles. The minimum atomic E-state index is -4.28. The number of esters is 1. The Kier molecular flexibility index (Phi) is 12.9. The number of hydrogen-bond acceptors (Lipinski definition) is 11. The molecular formula is C45H47F2N7O8S. The molecule has 18 heteroatoms. The molecule has 330 valence electrons. The van der Waals surface area contributed by atoms with Gasteiger partial charge < -0.3 is 14.8 Å². The van der Waals surface area contributed by atoms with E-state index in [1.807, 2.05) is 0 Å². The number of rotatable bonds is 12. The fraction of sp³-hybridized carbons (Fsp3) is 0.400. The minimum Gasteiger partial charge on any atom is -0.461 e. The molecule has 4 aromatic rings. The Morgan fingerprint density at radius 1 is 0.984 bits per heavy atom. The summed E-state index contributed by atoms with van der Waals surface area (Å²) in [7, 11) is -2.72. The van der Waals surface area contributed by atoms with Gasteiger partial charge in [-0.15, -0.1) is 0 Å². The van der Waals surface area contributed by atoms with Crippen LogP contribution in [0.15, 0.2) is 81.6 Å². The summed E-state index contributed by atoms with van der Waals surface area (Å²) in [6.07, 6.45) is 15.3. The molecule has 1 amide bonds. The lowest BCUT2D eigenvalue weighted by molar-refractivity contribution is -0.152. The summed E-state index contributed by atoms with van der Waals surface area (Å²) >= 11 is 0. The van der Waals surface area contributed by atoms with E-state index < -0.39 is 67.3 Å². The van der Waals surface area contributed by atoms with Gasteiger partial charge in [-0.25, -0.2) is 41.3 Å². The maximum atomic E-state index is 15.7. The number of carbonyl (C=O) groups is 2. The summed E-state index contributed by atoms with van der Waals surface area (Å²) in [5.74, 6) is -3.40. The third kappa shape index (κ3) is 9.61. The monoisotopic (exact) mass is 883 g/mol. The number of fused-ring (bicyclic) bond motifs is 1. The fourth-order valence-corrected chi connectivity index (χ4v) is 9.59. The van der Waals surface area contributed by atoms with Crippen LogP contribution < -0.4 is 21.3 Å². The first-order valence-corrected chi connectivity index (χ1v) is 22.7. The standard InChI is InChI=1S/C45H47F2N7O8S/c1-53-40-26-48-18-15-34(40)43(56)54(45(53)58)31-11-7-27(8-12-31)21-39(44(57)62-32-5-3-2-4-6-32)51-42(55)35-22-37(47)38(23-36(35)46)52-63(59,60)33-13-9-28(10-14-33)30-24-49-41(50-25-30)29-16-19-61-20-17-29/h7-13,22-26,29,32-33,39,52H,2-6,14-21H2,1H3,(H,51,55)/t33?,39-/m0/s1. The van der Waals surface area contributed by atoms with Gasteiger partial charge in [0.2, 0.25) is 10.0 Å². The van der Waals surface area contributed by atoms with E-state index in [0.717, 1.165) is 48.1 Å². The molecule has 2 aliphatic heterocycles. The van der Waals surface area contributed by atoms with Crippen molar-refractivity contribution in [2.45, 2.75) is 87.5 Å². The van der Waals surface area contributed by atoms with Crippen LogP contribution in [0.4, 0.5) is 14.5 Å². The fourth-order valence-electron chi connectivity index (χ4n) is 8.34. The highest BCUT2D eigenvalue weighted by Gasteiger charge is 2.31. The number of allylic oxidation sites excluding steroid dienone is 3. The molecule has 0 bridgehead atoms. The molecule has 0 spiro atoms. The largest absolute Gasteiger partial charge is 0.461 e. The van der Waals surface area contributed by atoms with Gasteiger partial charge in [0.1, 0.15) is 34.9 Å². The second kappa shape index (κ2) is 18.7. The molecular weight excluding hydrogens is 837 g/mol. The summed E-state index contributed by atoms with van der Waals surface area (Å²) in [5.41, 5.74) is 0.656. The highest BCUT2D eigenvalue weighted by molar-refractivity contribution is 7.93. The maximum Gasteiger partial charge on any atom is 0.335 e. The number of carbonyl (C=O) groups excluding carboxylic acids is 2. The maximum absolute atomic E-state index is 15.7. The van der Waals surface area contributed by atoms with Crippen molar-refractivity contribution in [2.75, 3.05) is 24.5 Å². The zero-order valence-electron chi connectivity index (χ0n) is 34.6. The molecule has 63 heavy (non-hydrogen) atoms. The Hall–Kier alpha value is -6.14. The number of hydrogen-bond donors (Lipinski definition) is 2. The Morgan fingerprint density at radius 3 is 2.41 bits per heavy atom. The zero-order valence-corrected chi connectivity index (χ0v) is 35.4. The van der Waals surface area contributed by atoms with Gasteiger partial charge in [0, 0.05) is 74.9 Å². The number of nitrogens with zero attached hydrogens (tertiary/aromatic N) is 5. The predicted octanol–water partition coefficient (Wildman–Crippen LogP) is 4.84. The minimum absolute atomic E-state index is 0.0369. The van der Waals surface area contributed by atoms with Gasteiger partial charge in [-0.2, -0.15) is 0 Å². The van der Waals surface area contributed by atoms with Crippen LogP contribution in [0.2, 0.25) is 0 Å². The summed E-state index contributed by atoms with van der Waals surface area (Å²) < 4.78 is 73.7. The van der Waals surface area contributed by atoms with E-state index >= 15 is 8.78 Å². The van der Waals surface area contributed by atoms with Crippen molar-refractivity contribution in [3.63, 3.8) is 0 Å². The number of nitrogens with one attached hydrogen (secondary N) is 2. The predicted molar refractivity (Wildman–Crippen MR) is 231 cm³/mol. The SMILES string of the molecule is Cn1c2c(c(=O)n(-c3ccc(C[C@H](NC(=O)c4cc(F)c(NS(=O)(=O)C5C=CC(c6cnc(C7CCOCC7)nc6)=CC5)cc4F)C(=O)OC4CCCCC4)cc3)c1=O)CCN=C2. The van der Waals surface area contributed by atoms with Crippen molar-refractivity contribution >= 4 is 39.4 Å². The van der Waals surface area contributed by atoms with Gasteiger partial charge >= 0.3 is 11.7 Å². The molecule has 8 rings (SSSR count). The van der Waals surface area contributed by atoms with Gasteiger partial charge in [-0.1, -0.05) is 36.8 Å². The number of aliphatic imine (C=N–C) groups is 1. The number of amides is 1. The van der Waals surface area contributed by atoms with Gasteiger partial charge in [0.15, 0.2) is 0 Å². The van der Waals surface area contributed by atoms with Crippen LogP contribution in [0.3, 0.4) is 0 Å². The van der Waals surface area contributed by atoms with Gasteiger partial charge in [0.05, 0.1) is 22.6 Å². The Labute approximate surface area is 362 Å².